The van der Waals surface area contributed by atoms with Gasteiger partial charge in [-0.2, -0.15) is 0 Å². The first kappa shape index (κ1) is 21.9. The number of hydrogen-bond donors (Lipinski definition) is 0. The van der Waals surface area contributed by atoms with E-state index in [-0.39, 0.29) is 45.1 Å². The minimum absolute atomic E-state index is 0. The molecule has 0 bridgehead atoms. The van der Waals surface area contributed by atoms with Gasteiger partial charge in [0.15, 0.2) is 0 Å². The quantitative estimate of drug-likeness (QED) is 0.438. The molecule has 0 aromatic carbocycles. The molecule has 0 aromatic heterocycles. The first-order chi connectivity index (χ1) is 5.61. The van der Waals surface area contributed by atoms with Crippen molar-refractivity contribution in [2.24, 2.45) is 5.92 Å². The summed E-state index contributed by atoms with van der Waals surface area (Å²) >= 11 is 1.26. The fourth-order valence-corrected chi connectivity index (χ4v) is 4.53. The molecule has 1 aliphatic rings. The minimum atomic E-state index is 0. The molecule has 1 atom stereocenters. The molecule has 0 N–H and O–H groups in total. The average Bonchev–Trinajstić information content (AvgIpc) is 2.33. The Kier molecular flexibility index (Phi) is 15.7. The smallest absolute Gasteiger partial charge is 0.147 e. The molecule has 0 fully saturated rings. The van der Waals surface area contributed by atoms with Crippen molar-refractivity contribution in [2.45, 2.75) is 13.3 Å². The summed E-state index contributed by atoms with van der Waals surface area (Å²) in [7, 11) is 0.272. The van der Waals surface area contributed by atoms with Crippen LogP contribution < -0.4 is 0 Å². The Labute approximate surface area is 128 Å². The third kappa shape index (κ3) is 7.55. The molecule has 1 unspecified atom stereocenters. The maximum absolute atomic E-state index is 2.38. The van der Waals surface area contributed by atoms with Crippen LogP contribution in [0.1, 0.15) is 13.3 Å². The Balaban J connectivity index is -0.000000480. The van der Waals surface area contributed by atoms with Gasteiger partial charge in [0.05, 0.1) is 0 Å². The molecule has 0 heterocycles. The third-order valence-corrected chi connectivity index (χ3v) is 5.19. The van der Waals surface area contributed by atoms with E-state index >= 15 is 0 Å². The zero-order valence-corrected chi connectivity index (χ0v) is 16.3. The van der Waals surface area contributed by atoms with Crippen molar-refractivity contribution in [3.05, 3.63) is 21.1 Å². The fraction of sp³-hybridized carbons (Fsp3) is 0.600. The second kappa shape index (κ2) is 10.8. The van der Waals surface area contributed by atoms with Gasteiger partial charge in [0.1, 0.15) is 0 Å². The maximum atomic E-state index is 2.38. The van der Waals surface area contributed by atoms with Crippen LogP contribution in [0.3, 0.4) is 0 Å². The molecule has 0 aliphatic heterocycles. The maximum Gasteiger partial charge on any atom is -0.147 e. The van der Waals surface area contributed by atoms with Gasteiger partial charge in [-0.15, -0.1) is 37.2 Å². The molecule has 1 rings (SSSR count). The minimum Gasteiger partial charge on any atom is -0.147 e. The molecule has 0 saturated carbocycles. The number of hydrogen-bond acceptors (Lipinski definition) is 0. The van der Waals surface area contributed by atoms with Crippen LogP contribution in [0.25, 0.3) is 0 Å². The van der Waals surface area contributed by atoms with Gasteiger partial charge in [0.2, 0.25) is 0 Å². The molecular formula is C10H19Cl3HfP. The normalized spacial score (nSPS) is 15.4. The summed E-state index contributed by atoms with van der Waals surface area (Å²) in [5.41, 5.74) is 1.66. The van der Waals surface area contributed by atoms with Gasteiger partial charge in [-0.3, -0.25) is 0 Å². The van der Waals surface area contributed by atoms with Gasteiger partial charge in [-0.1, -0.05) is 0 Å². The SMILES string of the molecule is CC(CP(C)C)C1=[C]([Hf])CC=C1.Cl.Cl.Cl. The molecule has 0 nitrogen and oxygen atoms in total. The summed E-state index contributed by atoms with van der Waals surface area (Å²) in [4.78, 5) is 0. The molecule has 0 radical (unpaired) electrons. The topological polar surface area (TPSA) is 0 Å². The van der Waals surface area contributed by atoms with Crippen molar-refractivity contribution >= 4 is 45.1 Å². The summed E-state index contributed by atoms with van der Waals surface area (Å²) in [6, 6.07) is 0. The summed E-state index contributed by atoms with van der Waals surface area (Å²) < 4.78 is 1.72. The summed E-state index contributed by atoms with van der Waals surface area (Å²) in [5.74, 6) is 0.817. The van der Waals surface area contributed by atoms with E-state index in [4.69, 9.17) is 0 Å². The van der Waals surface area contributed by atoms with E-state index in [9.17, 15) is 0 Å². The van der Waals surface area contributed by atoms with Gasteiger partial charge in [-0.05, 0) is 0 Å². The van der Waals surface area contributed by atoms with Gasteiger partial charge < -0.3 is 0 Å². The van der Waals surface area contributed by atoms with Crippen molar-refractivity contribution < 1.29 is 24.4 Å². The molecule has 1 aliphatic carbocycles. The number of allylic oxidation sites excluding steroid dienone is 4. The van der Waals surface area contributed by atoms with Crippen LogP contribution in [0, 0.1) is 5.92 Å². The zero-order valence-electron chi connectivity index (χ0n) is 9.32. The average molecular weight is 455 g/mol. The predicted molar refractivity (Wildman–Crippen MR) is 75.3 cm³/mol. The monoisotopic (exact) mass is 455 g/mol. The van der Waals surface area contributed by atoms with E-state index in [1.54, 1.807) is 8.90 Å². The third-order valence-electron chi connectivity index (χ3n) is 2.14. The molecule has 0 spiro atoms. The summed E-state index contributed by atoms with van der Waals surface area (Å²) in [6.07, 6.45) is 7.32. The zero-order chi connectivity index (χ0) is 9.14. The predicted octanol–water partition coefficient (Wildman–Crippen LogP) is 4.39. The van der Waals surface area contributed by atoms with Gasteiger partial charge in [-0.25, -0.2) is 0 Å². The standard InChI is InChI=1S/C10H16P.3ClH.Hf/c1-9(8-11(2)3)10-6-4-5-7-10;;;;/h4,6,9H,5,8H2,1-3H3;3*1H;. The van der Waals surface area contributed by atoms with Crippen molar-refractivity contribution in [3.63, 3.8) is 0 Å². The van der Waals surface area contributed by atoms with E-state index < -0.39 is 0 Å². The Bertz CT molecular complexity index is 227. The Morgan fingerprint density at radius 1 is 1.33 bits per heavy atom. The molecule has 5 heteroatoms. The van der Waals surface area contributed by atoms with Crippen molar-refractivity contribution in [2.75, 3.05) is 19.5 Å². The Hall–Kier alpha value is 1.65. The van der Waals surface area contributed by atoms with Crippen molar-refractivity contribution in [1.29, 1.82) is 0 Å². The number of halogens is 3. The second-order valence-electron chi connectivity index (χ2n) is 3.70. The number of rotatable bonds is 3. The van der Waals surface area contributed by atoms with Crippen molar-refractivity contribution in [1.82, 2.24) is 0 Å². The van der Waals surface area contributed by atoms with E-state index in [0.29, 0.717) is 0 Å². The molecule has 0 amide bonds. The van der Waals surface area contributed by atoms with E-state index in [0.717, 1.165) is 5.92 Å². The molecule has 89 valence electrons. The fourth-order valence-electron chi connectivity index (χ4n) is 1.63. The van der Waals surface area contributed by atoms with Crippen LogP contribution >= 0.6 is 45.1 Å². The largest absolute Gasteiger partial charge is 0.147 e. The van der Waals surface area contributed by atoms with E-state index in [2.05, 4.69) is 32.4 Å². The molecule has 0 saturated heterocycles. The van der Waals surface area contributed by atoms with Crippen LogP contribution in [-0.2, 0) is 24.4 Å². The molecular weight excluding hydrogens is 436 g/mol. The van der Waals surface area contributed by atoms with E-state index in [1.165, 1.54) is 37.0 Å². The second-order valence-corrected chi connectivity index (χ2v) is 8.40. The van der Waals surface area contributed by atoms with Crippen LogP contribution in [0.15, 0.2) is 21.1 Å². The Morgan fingerprint density at radius 3 is 2.20 bits per heavy atom. The van der Waals surface area contributed by atoms with Crippen LogP contribution in [0.2, 0.25) is 0 Å². The first-order valence-corrected chi connectivity index (χ1v) is 8.59. The first-order valence-electron chi connectivity index (χ1n) is 4.37. The van der Waals surface area contributed by atoms with Crippen molar-refractivity contribution in [3.8, 4) is 0 Å². The van der Waals surface area contributed by atoms with E-state index in [1.807, 2.05) is 0 Å². The Morgan fingerprint density at radius 2 is 1.87 bits per heavy atom. The van der Waals surface area contributed by atoms with Gasteiger partial charge in [0.25, 0.3) is 0 Å². The van der Waals surface area contributed by atoms with Crippen LogP contribution in [0.4, 0.5) is 0 Å². The molecule has 15 heavy (non-hydrogen) atoms. The van der Waals surface area contributed by atoms with Crippen LogP contribution in [-0.4, -0.2) is 19.5 Å². The van der Waals surface area contributed by atoms with Gasteiger partial charge in [0, 0.05) is 0 Å². The summed E-state index contributed by atoms with van der Waals surface area (Å²) in [6.45, 7) is 7.13. The van der Waals surface area contributed by atoms with Gasteiger partial charge >= 0.3 is 92.1 Å². The van der Waals surface area contributed by atoms with Crippen LogP contribution in [0.5, 0.6) is 0 Å². The summed E-state index contributed by atoms with van der Waals surface area (Å²) in [5, 5.41) is 0. The molecule has 0 aromatic rings.